The first kappa shape index (κ1) is 14.6. The molecule has 0 amide bonds. The molecule has 92 valence electrons. The van der Waals surface area contributed by atoms with Gasteiger partial charge in [-0.2, -0.15) is 0 Å². The van der Waals surface area contributed by atoms with Crippen molar-refractivity contribution in [2.45, 2.75) is 26.4 Å². The topological polar surface area (TPSA) is 64.6 Å². The van der Waals surface area contributed by atoms with Crippen LogP contribution in [-0.4, -0.2) is 37.7 Å². The van der Waals surface area contributed by atoms with Crippen LogP contribution in [0.3, 0.4) is 0 Å². The van der Waals surface area contributed by atoms with Crippen LogP contribution in [0.4, 0.5) is 0 Å². The van der Waals surface area contributed by atoms with Gasteiger partial charge in [-0.3, -0.25) is 4.79 Å². The third-order valence-electron chi connectivity index (χ3n) is 1.41. The number of carbonyl (C=O) groups is 2. The molecule has 0 saturated carbocycles. The quantitative estimate of drug-likeness (QED) is 0.426. The van der Waals surface area contributed by atoms with Crippen LogP contribution in [0, 0.1) is 0 Å². The van der Waals surface area contributed by atoms with Crippen molar-refractivity contribution in [3.05, 3.63) is 12.2 Å². The molecule has 0 atom stereocenters. The molecule has 0 aromatic heterocycles. The number of hydrogen-bond acceptors (Lipinski definition) is 5. The van der Waals surface area contributed by atoms with Gasteiger partial charge in [-0.05, 0) is 20.8 Å². The van der Waals surface area contributed by atoms with Gasteiger partial charge in [0.2, 0.25) is 0 Å². The fourth-order valence-corrected chi connectivity index (χ4v) is 0.858. The predicted octanol–water partition coefficient (Wildman–Crippen LogP) is 0.647. The Kier molecular flexibility index (Phi) is 6.41. The zero-order valence-corrected chi connectivity index (χ0v) is 10.2. The van der Waals surface area contributed by atoms with E-state index in [0.717, 1.165) is 0 Å². The lowest BCUT2D eigenvalue weighted by Crippen LogP contribution is -2.31. The third kappa shape index (κ3) is 9.21. The first-order valence-corrected chi connectivity index (χ1v) is 5.02. The third-order valence-corrected chi connectivity index (χ3v) is 1.41. The monoisotopic (exact) mass is 229 g/mol. The Balaban J connectivity index is 3.64. The van der Waals surface area contributed by atoms with Crippen molar-refractivity contribution in [2.75, 3.05) is 20.2 Å². The number of nitrogens with one attached hydrogen (secondary N) is 1. The summed E-state index contributed by atoms with van der Waals surface area (Å²) in [5.41, 5.74) is -0.472. The van der Waals surface area contributed by atoms with Crippen LogP contribution >= 0.6 is 0 Å². The molecular weight excluding hydrogens is 210 g/mol. The number of hydrogen-bond donors (Lipinski definition) is 1. The minimum atomic E-state index is -0.472. The standard InChI is InChI=1S/C11H19NO4/c1-11(2,3)16-10(14)8-12-7-5-6-9(13)15-4/h5-6,12H,7-8H2,1-4H3/b6-5+. The Bertz CT molecular complexity index is 266. The van der Waals surface area contributed by atoms with Gasteiger partial charge in [0.15, 0.2) is 0 Å². The van der Waals surface area contributed by atoms with E-state index in [1.54, 1.807) is 6.08 Å². The lowest BCUT2D eigenvalue weighted by molar-refractivity contribution is -0.153. The smallest absolute Gasteiger partial charge is 0.330 e. The lowest BCUT2D eigenvalue weighted by atomic mass is 10.2. The SMILES string of the molecule is COC(=O)/C=C/CNCC(=O)OC(C)(C)C. The first-order chi connectivity index (χ1) is 7.35. The van der Waals surface area contributed by atoms with Gasteiger partial charge in [-0.1, -0.05) is 6.08 Å². The zero-order chi connectivity index (χ0) is 12.6. The molecule has 0 unspecified atom stereocenters. The molecule has 0 aromatic carbocycles. The normalized spacial score (nSPS) is 11.5. The molecule has 1 N–H and O–H groups in total. The Morgan fingerprint density at radius 2 is 1.94 bits per heavy atom. The highest BCUT2D eigenvalue weighted by molar-refractivity contribution is 5.81. The maximum atomic E-state index is 11.2. The summed E-state index contributed by atoms with van der Waals surface area (Å²) in [5.74, 6) is -0.738. The van der Waals surface area contributed by atoms with Gasteiger partial charge in [0.1, 0.15) is 5.60 Å². The molecular formula is C11H19NO4. The summed E-state index contributed by atoms with van der Waals surface area (Å²) in [7, 11) is 1.31. The highest BCUT2D eigenvalue weighted by Gasteiger charge is 2.15. The summed E-state index contributed by atoms with van der Waals surface area (Å²) in [6.45, 7) is 5.95. The number of methoxy groups -OCH3 is 1. The van der Waals surface area contributed by atoms with E-state index in [0.29, 0.717) is 6.54 Å². The second-order valence-electron chi connectivity index (χ2n) is 4.14. The minimum Gasteiger partial charge on any atom is -0.466 e. The van der Waals surface area contributed by atoms with Crippen LogP contribution in [0.15, 0.2) is 12.2 Å². The molecule has 0 aromatic rings. The van der Waals surface area contributed by atoms with E-state index in [4.69, 9.17) is 4.74 Å². The maximum Gasteiger partial charge on any atom is 0.330 e. The molecule has 16 heavy (non-hydrogen) atoms. The van der Waals surface area contributed by atoms with Gasteiger partial charge in [-0.25, -0.2) is 4.79 Å². The van der Waals surface area contributed by atoms with Gasteiger partial charge in [0, 0.05) is 12.6 Å². The largest absolute Gasteiger partial charge is 0.466 e. The Morgan fingerprint density at radius 3 is 2.44 bits per heavy atom. The minimum absolute atomic E-state index is 0.114. The fraction of sp³-hybridized carbons (Fsp3) is 0.636. The molecule has 0 aliphatic carbocycles. The van der Waals surface area contributed by atoms with E-state index in [2.05, 4.69) is 10.1 Å². The number of carbonyl (C=O) groups excluding carboxylic acids is 2. The summed E-state index contributed by atoms with van der Waals surface area (Å²) in [4.78, 5) is 21.9. The fourth-order valence-electron chi connectivity index (χ4n) is 0.858. The van der Waals surface area contributed by atoms with Crippen molar-refractivity contribution in [1.29, 1.82) is 0 Å². The highest BCUT2D eigenvalue weighted by Crippen LogP contribution is 2.05. The molecule has 0 aliphatic rings. The molecule has 0 spiro atoms. The van der Waals surface area contributed by atoms with Crippen molar-refractivity contribution >= 4 is 11.9 Å². The molecule has 0 fully saturated rings. The van der Waals surface area contributed by atoms with E-state index in [1.807, 2.05) is 20.8 Å². The van der Waals surface area contributed by atoms with E-state index in [-0.39, 0.29) is 12.5 Å². The second-order valence-corrected chi connectivity index (χ2v) is 4.14. The first-order valence-electron chi connectivity index (χ1n) is 5.02. The molecule has 0 rings (SSSR count). The summed E-state index contributed by atoms with van der Waals surface area (Å²) >= 11 is 0. The average molecular weight is 229 g/mol. The van der Waals surface area contributed by atoms with E-state index >= 15 is 0 Å². The molecule has 5 heteroatoms. The van der Waals surface area contributed by atoms with Gasteiger partial charge in [-0.15, -0.1) is 0 Å². The molecule has 0 radical (unpaired) electrons. The van der Waals surface area contributed by atoms with Gasteiger partial charge in [0.05, 0.1) is 13.7 Å². The molecule has 0 bridgehead atoms. The number of ether oxygens (including phenoxy) is 2. The van der Waals surface area contributed by atoms with Crippen molar-refractivity contribution in [1.82, 2.24) is 5.32 Å². The average Bonchev–Trinajstić information content (AvgIpc) is 2.14. The van der Waals surface area contributed by atoms with Crippen molar-refractivity contribution in [3.8, 4) is 0 Å². The van der Waals surface area contributed by atoms with Crippen molar-refractivity contribution < 1.29 is 19.1 Å². The van der Waals surface area contributed by atoms with E-state index in [9.17, 15) is 9.59 Å². The van der Waals surface area contributed by atoms with Crippen molar-refractivity contribution in [3.63, 3.8) is 0 Å². The summed E-state index contributed by atoms with van der Waals surface area (Å²) in [6.07, 6.45) is 2.87. The van der Waals surface area contributed by atoms with Crippen molar-refractivity contribution in [2.24, 2.45) is 0 Å². The molecule has 5 nitrogen and oxygen atoms in total. The Morgan fingerprint density at radius 1 is 1.31 bits per heavy atom. The van der Waals surface area contributed by atoms with Gasteiger partial charge >= 0.3 is 11.9 Å². The van der Waals surface area contributed by atoms with E-state index < -0.39 is 11.6 Å². The lowest BCUT2D eigenvalue weighted by Gasteiger charge is -2.19. The Hall–Kier alpha value is -1.36. The van der Waals surface area contributed by atoms with Crippen LogP contribution in [0.5, 0.6) is 0 Å². The summed E-state index contributed by atoms with van der Waals surface area (Å²) in [5, 5.41) is 2.82. The highest BCUT2D eigenvalue weighted by atomic mass is 16.6. The predicted molar refractivity (Wildman–Crippen MR) is 59.9 cm³/mol. The Labute approximate surface area is 95.8 Å². The zero-order valence-electron chi connectivity index (χ0n) is 10.2. The number of rotatable bonds is 5. The van der Waals surface area contributed by atoms with Gasteiger partial charge < -0.3 is 14.8 Å². The number of esters is 2. The maximum absolute atomic E-state index is 11.2. The summed E-state index contributed by atoms with van der Waals surface area (Å²) < 4.78 is 9.47. The van der Waals surface area contributed by atoms with Crippen LogP contribution in [0.25, 0.3) is 0 Å². The molecule has 0 saturated heterocycles. The molecule has 0 heterocycles. The second kappa shape index (κ2) is 7.00. The van der Waals surface area contributed by atoms with Crippen LogP contribution < -0.4 is 5.32 Å². The van der Waals surface area contributed by atoms with E-state index in [1.165, 1.54) is 13.2 Å². The van der Waals surface area contributed by atoms with Gasteiger partial charge in [0.25, 0.3) is 0 Å². The summed E-state index contributed by atoms with van der Waals surface area (Å²) in [6, 6.07) is 0. The van der Waals surface area contributed by atoms with Crippen LogP contribution in [0.2, 0.25) is 0 Å². The molecule has 0 aliphatic heterocycles. The van der Waals surface area contributed by atoms with Crippen LogP contribution in [0.1, 0.15) is 20.8 Å². The van der Waals surface area contributed by atoms with Crippen LogP contribution in [-0.2, 0) is 19.1 Å².